The van der Waals surface area contributed by atoms with Gasteiger partial charge < -0.3 is 10.1 Å². The molecule has 7 heteroatoms. The van der Waals surface area contributed by atoms with Gasteiger partial charge in [0.25, 0.3) is 5.91 Å². The quantitative estimate of drug-likeness (QED) is 0.831. The van der Waals surface area contributed by atoms with E-state index in [1.54, 1.807) is 12.1 Å². The molecule has 19 heavy (non-hydrogen) atoms. The van der Waals surface area contributed by atoms with Crippen molar-refractivity contribution in [3.8, 4) is 5.75 Å². The lowest BCUT2D eigenvalue weighted by Crippen LogP contribution is -2.22. The van der Waals surface area contributed by atoms with Gasteiger partial charge in [-0.25, -0.2) is 4.98 Å². The molecule has 2 heterocycles. The van der Waals surface area contributed by atoms with Crippen LogP contribution in [0.1, 0.15) is 10.4 Å². The molecule has 2 aromatic rings. The van der Waals surface area contributed by atoms with Gasteiger partial charge in [-0.05, 0) is 12.1 Å². The maximum atomic E-state index is 12.2. The monoisotopic (exact) mass is 257 g/mol. The Morgan fingerprint density at radius 1 is 1.37 bits per heavy atom. The lowest BCUT2D eigenvalue weighted by molar-refractivity contribution is 0.102. The predicted molar refractivity (Wildman–Crippen MR) is 68.2 cm³/mol. The van der Waals surface area contributed by atoms with Crippen molar-refractivity contribution < 1.29 is 9.53 Å². The third kappa shape index (κ3) is 2.30. The number of hydrogen-bond donors (Lipinski definition) is 2. The SMILES string of the molecule is O=C(Nc1nccnn1)c1cccc2c1OCCN2. The van der Waals surface area contributed by atoms with Crippen molar-refractivity contribution in [2.45, 2.75) is 0 Å². The Balaban J connectivity index is 1.88. The first-order valence-electron chi connectivity index (χ1n) is 5.79. The third-order valence-corrected chi connectivity index (χ3v) is 2.63. The van der Waals surface area contributed by atoms with Crippen molar-refractivity contribution in [2.24, 2.45) is 0 Å². The van der Waals surface area contributed by atoms with Gasteiger partial charge in [-0.2, -0.15) is 5.10 Å². The minimum atomic E-state index is -0.325. The Kier molecular flexibility index (Phi) is 2.93. The van der Waals surface area contributed by atoms with Gasteiger partial charge >= 0.3 is 0 Å². The Morgan fingerprint density at radius 3 is 3.16 bits per heavy atom. The van der Waals surface area contributed by atoms with E-state index in [4.69, 9.17) is 4.74 Å². The molecule has 0 bridgehead atoms. The highest BCUT2D eigenvalue weighted by Crippen LogP contribution is 2.31. The molecule has 1 amide bonds. The van der Waals surface area contributed by atoms with Crippen LogP contribution in [0.3, 0.4) is 0 Å². The predicted octanol–water partition coefficient (Wildman–Crippen LogP) is 0.928. The number of hydrogen-bond acceptors (Lipinski definition) is 6. The standard InChI is InChI=1S/C12H11N5O2/c18-11(16-12-14-4-5-15-17-12)8-2-1-3-9-10(8)19-7-6-13-9/h1-5,13H,6-7H2,(H,14,16,17,18). The summed E-state index contributed by atoms with van der Waals surface area (Å²) in [7, 11) is 0. The highest BCUT2D eigenvalue weighted by atomic mass is 16.5. The minimum Gasteiger partial charge on any atom is -0.489 e. The van der Waals surface area contributed by atoms with Gasteiger partial charge in [0.05, 0.1) is 23.6 Å². The van der Waals surface area contributed by atoms with Gasteiger partial charge in [0.2, 0.25) is 5.95 Å². The van der Waals surface area contributed by atoms with Gasteiger partial charge in [0, 0.05) is 6.54 Å². The summed E-state index contributed by atoms with van der Waals surface area (Å²) >= 11 is 0. The van der Waals surface area contributed by atoms with E-state index in [-0.39, 0.29) is 11.9 Å². The number of carbonyl (C=O) groups excluding carboxylic acids is 1. The zero-order chi connectivity index (χ0) is 13.1. The molecule has 0 atom stereocenters. The summed E-state index contributed by atoms with van der Waals surface area (Å²) in [6.45, 7) is 1.25. The summed E-state index contributed by atoms with van der Waals surface area (Å²) in [4.78, 5) is 16.1. The van der Waals surface area contributed by atoms with E-state index in [1.165, 1.54) is 12.4 Å². The molecule has 0 fully saturated rings. The van der Waals surface area contributed by atoms with Gasteiger partial charge in [0.1, 0.15) is 6.61 Å². The number of anilines is 2. The van der Waals surface area contributed by atoms with E-state index in [0.29, 0.717) is 17.9 Å². The van der Waals surface area contributed by atoms with E-state index in [1.807, 2.05) is 6.07 Å². The first kappa shape index (κ1) is 11.4. The average molecular weight is 257 g/mol. The summed E-state index contributed by atoms with van der Waals surface area (Å²) in [6.07, 6.45) is 2.90. The molecule has 0 aliphatic carbocycles. The van der Waals surface area contributed by atoms with Crippen LogP contribution < -0.4 is 15.4 Å². The highest BCUT2D eigenvalue weighted by Gasteiger charge is 2.19. The van der Waals surface area contributed by atoms with E-state index in [0.717, 1.165) is 12.2 Å². The molecule has 1 aromatic carbocycles. The van der Waals surface area contributed by atoms with Crippen LogP contribution in [-0.4, -0.2) is 34.2 Å². The molecule has 0 saturated heterocycles. The van der Waals surface area contributed by atoms with E-state index in [9.17, 15) is 4.79 Å². The largest absolute Gasteiger partial charge is 0.489 e. The number of nitrogens with one attached hydrogen (secondary N) is 2. The lowest BCUT2D eigenvalue weighted by Gasteiger charge is -2.21. The summed E-state index contributed by atoms with van der Waals surface area (Å²) in [5.41, 5.74) is 1.25. The molecule has 96 valence electrons. The fourth-order valence-electron chi connectivity index (χ4n) is 1.82. The normalized spacial score (nSPS) is 12.8. The number of nitrogens with zero attached hydrogens (tertiary/aromatic N) is 3. The smallest absolute Gasteiger partial charge is 0.261 e. The summed E-state index contributed by atoms with van der Waals surface area (Å²) in [5, 5.41) is 13.1. The number of ether oxygens (including phenoxy) is 1. The number of benzene rings is 1. The van der Waals surface area contributed by atoms with Crippen molar-refractivity contribution >= 4 is 17.5 Å². The molecule has 0 radical (unpaired) electrons. The Hall–Kier alpha value is -2.70. The number of aromatic nitrogens is 3. The molecule has 2 N–H and O–H groups in total. The zero-order valence-electron chi connectivity index (χ0n) is 9.96. The second kappa shape index (κ2) is 4.89. The van der Waals surface area contributed by atoms with Crippen LogP contribution in [-0.2, 0) is 0 Å². The Bertz CT molecular complexity index is 602. The van der Waals surface area contributed by atoms with Crippen LogP contribution in [0.4, 0.5) is 11.6 Å². The highest BCUT2D eigenvalue weighted by molar-refractivity contribution is 6.06. The van der Waals surface area contributed by atoms with Crippen LogP contribution >= 0.6 is 0 Å². The molecule has 1 aliphatic rings. The summed E-state index contributed by atoms with van der Waals surface area (Å²) in [5.74, 6) is 0.387. The number of rotatable bonds is 2. The molecule has 3 rings (SSSR count). The number of para-hydroxylation sites is 1. The van der Waals surface area contributed by atoms with E-state index < -0.39 is 0 Å². The average Bonchev–Trinajstić information content (AvgIpc) is 2.47. The second-order valence-electron chi connectivity index (χ2n) is 3.88. The lowest BCUT2D eigenvalue weighted by atomic mass is 10.1. The minimum absolute atomic E-state index is 0.161. The molecule has 0 unspecified atom stereocenters. The fraction of sp³-hybridized carbons (Fsp3) is 0.167. The van der Waals surface area contributed by atoms with Crippen molar-refractivity contribution in [3.63, 3.8) is 0 Å². The molecule has 1 aromatic heterocycles. The van der Waals surface area contributed by atoms with Crippen molar-refractivity contribution in [3.05, 3.63) is 36.2 Å². The summed E-state index contributed by atoms with van der Waals surface area (Å²) in [6, 6.07) is 5.35. The maximum Gasteiger partial charge on any atom is 0.261 e. The number of fused-ring (bicyclic) bond motifs is 1. The third-order valence-electron chi connectivity index (χ3n) is 2.63. The van der Waals surface area contributed by atoms with Crippen molar-refractivity contribution in [1.82, 2.24) is 15.2 Å². The van der Waals surface area contributed by atoms with Crippen LogP contribution in [0.2, 0.25) is 0 Å². The number of amides is 1. The Morgan fingerprint density at radius 2 is 2.32 bits per heavy atom. The van der Waals surface area contributed by atoms with Crippen LogP contribution in [0.15, 0.2) is 30.6 Å². The second-order valence-corrected chi connectivity index (χ2v) is 3.88. The molecule has 1 aliphatic heterocycles. The van der Waals surface area contributed by atoms with E-state index >= 15 is 0 Å². The fourth-order valence-corrected chi connectivity index (χ4v) is 1.82. The zero-order valence-corrected chi connectivity index (χ0v) is 9.96. The molecular weight excluding hydrogens is 246 g/mol. The van der Waals surface area contributed by atoms with Gasteiger partial charge in [-0.3, -0.25) is 10.1 Å². The van der Waals surface area contributed by atoms with Gasteiger partial charge in [0.15, 0.2) is 5.75 Å². The van der Waals surface area contributed by atoms with Crippen LogP contribution in [0.5, 0.6) is 5.75 Å². The van der Waals surface area contributed by atoms with Crippen LogP contribution in [0.25, 0.3) is 0 Å². The first-order chi connectivity index (χ1) is 9.34. The van der Waals surface area contributed by atoms with Gasteiger partial charge in [-0.1, -0.05) is 6.07 Å². The first-order valence-corrected chi connectivity index (χ1v) is 5.79. The molecule has 0 spiro atoms. The summed E-state index contributed by atoms with van der Waals surface area (Å²) < 4.78 is 5.53. The molecule has 7 nitrogen and oxygen atoms in total. The van der Waals surface area contributed by atoms with Crippen LogP contribution in [0, 0.1) is 0 Å². The van der Waals surface area contributed by atoms with Gasteiger partial charge in [-0.15, -0.1) is 5.10 Å². The van der Waals surface area contributed by atoms with Crippen molar-refractivity contribution in [2.75, 3.05) is 23.8 Å². The topological polar surface area (TPSA) is 89.0 Å². The number of carbonyl (C=O) groups is 1. The molecule has 0 saturated carbocycles. The van der Waals surface area contributed by atoms with Crippen molar-refractivity contribution in [1.29, 1.82) is 0 Å². The molecular formula is C12H11N5O2. The maximum absolute atomic E-state index is 12.2. The van der Waals surface area contributed by atoms with E-state index in [2.05, 4.69) is 25.8 Å². The Labute approximate surface area is 109 Å².